The number of hydrogen-bond donors (Lipinski definition) is 2. The Balaban J connectivity index is 1.97. The van der Waals surface area contributed by atoms with Crippen molar-refractivity contribution in [1.29, 1.82) is 0 Å². The van der Waals surface area contributed by atoms with Gasteiger partial charge in [-0.05, 0) is 49.9 Å². The van der Waals surface area contributed by atoms with Gasteiger partial charge in [0.1, 0.15) is 0 Å². The van der Waals surface area contributed by atoms with Crippen molar-refractivity contribution in [1.82, 2.24) is 5.32 Å². The van der Waals surface area contributed by atoms with Crippen LogP contribution in [0.15, 0.2) is 18.2 Å². The smallest absolute Gasteiger partial charge is 0.251 e. The maximum Gasteiger partial charge on any atom is 0.251 e. The van der Waals surface area contributed by atoms with E-state index >= 15 is 0 Å². The average Bonchev–Trinajstić information content (AvgIpc) is 2.27. The third-order valence-corrected chi connectivity index (χ3v) is 3.71. The molecule has 0 heterocycles. The Morgan fingerprint density at radius 2 is 2.24 bits per heavy atom. The summed E-state index contributed by atoms with van der Waals surface area (Å²) in [5, 5.41) is 13.3. The molecule has 1 amide bonds. The van der Waals surface area contributed by atoms with Gasteiger partial charge in [0.15, 0.2) is 0 Å². The van der Waals surface area contributed by atoms with Crippen LogP contribution in [0.5, 0.6) is 0 Å². The number of nitrogens with one attached hydrogen (secondary N) is 1. The standard InChI is InChI=1S/C13H16ClNO2/c1-9-7-10(3-4-11(9)14)12(16)15-8-13(17)5-2-6-13/h3-4,7,17H,2,5-6,8H2,1H3,(H,15,16). The van der Waals surface area contributed by atoms with Gasteiger partial charge in [0, 0.05) is 17.1 Å². The predicted molar refractivity (Wildman–Crippen MR) is 67.3 cm³/mol. The van der Waals surface area contributed by atoms with Crippen LogP contribution in [-0.2, 0) is 0 Å². The van der Waals surface area contributed by atoms with Gasteiger partial charge in [0.2, 0.25) is 0 Å². The molecular weight excluding hydrogens is 238 g/mol. The molecule has 17 heavy (non-hydrogen) atoms. The zero-order chi connectivity index (χ0) is 12.5. The Labute approximate surface area is 106 Å². The SMILES string of the molecule is Cc1cc(C(=O)NCC2(O)CCC2)ccc1Cl. The molecule has 0 aliphatic heterocycles. The van der Waals surface area contributed by atoms with Crippen molar-refractivity contribution in [2.24, 2.45) is 0 Å². The highest BCUT2D eigenvalue weighted by Crippen LogP contribution is 2.30. The van der Waals surface area contributed by atoms with E-state index < -0.39 is 5.60 Å². The van der Waals surface area contributed by atoms with E-state index in [1.807, 2.05) is 6.92 Å². The van der Waals surface area contributed by atoms with Crippen molar-refractivity contribution in [2.45, 2.75) is 31.8 Å². The molecule has 0 bridgehead atoms. The van der Waals surface area contributed by atoms with Crippen molar-refractivity contribution >= 4 is 17.5 Å². The first-order chi connectivity index (χ1) is 8.00. The predicted octanol–water partition coefficient (Wildman–Crippen LogP) is 2.29. The van der Waals surface area contributed by atoms with Crippen molar-refractivity contribution in [2.75, 3.05) is 6.54 Å². The summed E-state index contributed by atoms with van der Waals surface area (Å²) < 4.78 is 0. The maximum atomic E-state index is 11.8. The molecule has 1 saturated carbocycles. The van der Waals surface area contributed by atoms with E-state index in [4.69, 9.17) is 11.6 Å². The van der Waals surface area contributed by atoms with E-state index in [2.05, 4.69) is 5.32 Å². The molecule has 1 aromatic carbocycles. The van der Waals surface area contributed by atoms with Crippen LogP contribution in [0.2, 0.25) is 5.02 Å². The number of aliphatic hydroxyl groups is 1. The van der Waals surface area contributed by atoms with Crippen LogP contribution in [-0.4, -0.2) is 23.2 Å². The third-order valence-electron chi connectivity index (χ3n) is 3.28. The molecular formula is C13H16ClNO2. The van der Waals surface area contributed by atoms with E-state index in [0.29, 0.717) is 17.1 Å². The highest BCUT2D eigenvalue weighted by Gasteiger charge is 2.34. The number of aryl methyl sites for hydroxylation is 1. The lowest BCUT2D eigenvalue weighted by molar-refractivity contribution is -0.0300. The van der Waals surface area contributed by atoms with Crippen LogP contribution in [0.4, 0.5) is 0 Å². The molecule has 1 aromatic rings. The van der Waals surface area contributed by atoms with Gasteiger partial charge in [-0.15, -0.1) is 0 Å². The van der Waals surface area contributed by atoms with Crippen molar-refractivity contribution in [3.8, 4) is 0 Å². The lowest BCUT2D eigenvalue weighted by atomic mass is 9.80. The summed E-state index contributed by atoms with van der Waals surface area (Å²) >= 11 is 5.89. The Morgan fingerprint density at radius 1 is 1.53 bits per heavy atom. The number of halogens is 1. The molecule has 3 nitrogen and oxygen atoms in total. The van der Waals surface area contributed by atoms with Gasteiger partial charge >= 0.3 is 0 Å². The molecule has 0 spiro atoms. The summed E-state index contributed by atoms with van der Waals surface area (Å²) in [5.74, 6) is -0.162. The van der Waals surface area contributed by atoms with Crippen molar-refractivity contribution in [3.63, 3.8) is 0 Å². The summed E-state index contributed by atoms with van der Waals surface area (Å²) in [6.07, 6.45) is 2.58. The van der Waals surface area contributed by atoms with Crippen molar-refractivity contribution in [3.05, 3.63) is 34.3 Å². The largest absolute Gasteiger partial charge is 0.388 e. The van der Waals surface area contributed by atoms with Gasteiger partial charge in [0.25, 0.3) is 5.91 Å². The van der Waals surface area contributed by atoms with Crippen LogP contribution in [0.1, 0.15) is 35.2 Å². The van der Waals surface area contributed by atoms with E-state index in [1.54, 1.807) is 18.2 Å². The molecule has 0 atom stereocenters. The molecule has 2 N–H and O–H groups in total. The molecule has 0 unspecified atom stereocenters. The highest BCUT2D eigenvalue weighted by atomic mass is 35.5. The van der Waals surface area contributed by atoms with Crippen LogP contribution >= 0.6 is 11.6 Å². The van der Waals surface area contributed by atoms with Crippen LogP contribution in [0.3, 0.4) is 0 Å². The quantitative estimate of drug-likeness (QED) is 0.868. The molecule has 0 aromatic heterocycles. The molecule has 0 radical (unpaired) electrons. The molecule has 1 aliphatic carbocycles. The minimum atomic E-state index is -0.683. The normalized spacial score (nSPS) is 17.4. The third kappa shape index (κ3) is 2.79. The number of rotatable bonds is 3. The average molecular weight is 254 g/mol. The fraction of sp³-hybridized carbons (Fsp3) is 0.462. The Bertz CT molecular complexity index is 441. The second-order valence-electron chi connectivity index (χ2n) is 4.72. The molecule has 1 aliphatic rings. The summed E-state index contributed by atoms with van der Waals surface area (Å²) in [7, 11) is 0. The van der Waals surface area contributed by atoms with Crippen LogP contribution < -0.4 is 5.32 Å². The Kier molecular flexibility index (Phi) is 3.40. The van der Waals surface area contributed by atoms with Gasteiger partial charge in [-0.1, -0.05) is 11.6 Å². The molecule has 92 valence electrons. The summed E-state index contributed by atoms with van der Waals surface area (Å²) in [4.78, 5) is 11.8. The van der Waals surface area contributed by atoms with E-state index in [9.17, 15) is 9.90 Å². The van der Waals surface area contributed by atoms with Gasteiger partial charge in [-0.2, -0.15) is 0 Å². The maximum absolute atomic E-state index is 11.8. The number of carbonyl (C=O) groups is 1. The lowest BCUT2D eigenvalue weighted by Crippen LogP contribution is -2.47. The molecule has 4 heteroatoms. The first-order valence-electron chi connectivity index (χ1n) is 5.77. The lowest BCUT2D eigenvalue weighted by Gasteiger charge is -2.36. The number of hydrogen-bond acceptors (Lipinski definition) is 2. The number of benzene rings is 1. The van der Waals surface area contributed by atoms with E-state index in [-0.39, 0.29) is 5.91 Å². The zero-order valence-electron chi connectivity index (χ0n) is 9.79. The fourth-order valence-corrected chi connectivity index (χ4v) is 2.01. The minimum absolute atomic E-state index is 0.162. The molecule has 0 saturated heterocycles. The highest BCUT2D eigenvalue weighted by molar-refractivity contribution is 6.31. The van der Waals surface area contributed by atoms with Gasteiger partial charge in [-0.3, -0.25) is 4.79 Å². The van der Waals surface area contributed by atoms with E-state index in [1.165, 1.54) is 0 Å². The van der Waals surface area contributed by atoms with Crippen molar-refractivity contribution < 1.29 is 9.90 Å². The minimum Gasteiger partial charge on any atom is -0.388 e. The second-order valence-corrected chi connectivity index (χ2v) is 5.13. The first kappa shape index (κ1) is 12.4. The Hall–Kier alpha value is -1.06. The Morgan fingerprint density at radius 3 is 2.76 bits per heavy atom. The summed E-state index contributed by atoms with van der Waals surface area (Å²) in [6.45, 7) is 2.19. The zero-order valence-corrected chi connectivity index (χ0v) is 10.5. The van der Waals surface area contributed by atoms with Gasteiger partial charge < -0.3 is 10.4 Å². The first-order valence-corrected chi connectivity index (χ1v) is 6.15. The van der Waals surface area contributed by atoms with Gasteiger partial charge in [0.05, 0.1) is 5.60 Å². The fourth-order valence-electron chi connectivity index (χ4n) is 1.89. The molecule has 1 fully saturated rings. The summed E-state index contributed by atoms with van der Waals surface area (Å²) in [5.41, 5.74) is 0.772. The topological polar surface area (TPSA) is 49.3 Å². The number of amides is 1. The number of carbonyl (C=O) groups excluding carboxylic acids is 1. The van der Waals surface area contributed by atoms with Crippen LogP contribution in [0.25, 0.3) is 0 Å². The monoisotopic (exact) mass is 253 g/mol. The van der Waals surface area contributed by atoms with E-state index in [0.717, 1.165) is 24.8 Å². The van der Waals surface area contributed by atoms with Gasteiger partial charge in [-0.25, -0.2) is 0 Å². The molecule has 2 rings (SSSR count). The van der Waals surface area contributed by atoms with Crippen LogP contribution in [0, 0.1) is 6.92 Å². The second kappa shape index (κ2) is 4.67. The summed E-state index contributed by atoms with van der Waals surface area (Å²) in [6, 6.07) is 5.15.